The van der Waals surface area contributed by atoms with E-state index in [4.69, 9.17) is 32.7 Å². The van der Waals surface area contributed by atoms with E-state index in [-0.39, 0.29) is 24.0 Å². The van der Waals surface area contributed by atoms with Gasteiger partial charge in [-0.1, -0.05) is 47.5 Å². The van der Waals surface area contributed by atoms with Crippen molar-refractivity contribution in [2.45, 2.75) is 51.2 Å². The van der Waals surface area contributed by atoms with Gasteiger partial charge in [-0.15, -0.1) is 0 Å². The summed E-state index contributed by atoms with van der Waals surface area (Å²) in [5.74, 6) is -0.337. The molecule has 10 heteroatoms. The molecule has 1 saturated heterocycles. The van der Waals surface area contributed by atoms with Gasteiger partial charge < -0.3 is 9.47 Å². The van der Waals surface area contributed by atoms with E-state index in [9.17, 15) is 13.2 Å². The molecule has 2 aromatic carbocycles. The predicted octanol–water partition coefficient (Wildman–Crippen LogP) is 5.72. The van der Waals surface area contributed by atoms with Crippen molar-refractivity contribution in [1.82, 2.24) is 9.88 Å². The molecule has 0 aliphatic carbocycles. The maximum absolute atomic E-state index is 14.3. The van der Waals surface area contributed by atoms with Gasteiger partial charge in [0.1, 0.15) is 0 Å². The molecule has 3 heterocycles. The number of pyridine rings is 1. The summed E-state index contributed by atoms with van der Waals surface area (Å²) in [6, 6.07) is 16.2. The average molecular weight is 590 g/mol. The summed E-state index contributed by atoms with van der Waals surface area (Å²) in [6.07, 6.45) is 1.26. The van der Waals surface area contributed by atoms with Crippen molar-refractivity contribution in [3.05, 3.63) is 98.8 Å². The van der Waals surface area contributed by atoms with Crippen molar-refractivity contribution in [1.29, 1.82) is 0 Å². The molecule has 0 N–H and O–H groups in total. The normalized spacial score (nSPS) is 22.3. The third-order valence-corrected chi connectivity index (χ3v) is 9.53. The number of ether oxygens (including phenoxy) is 2. The molecule has 2 atom stereocenters. The number of nitrogens with zero attached hydrogens (tertiary/aromatic N) is 2. The maximum atomic E-state index is 14.3. The second-order valence-corrected chi connectivity index (χ2v) is 13.5. The molecule has 0 saturated carbocycles. The second kappa shape index (κ2) is 10.5. The molecule has 2 aliphatic rings. The third kappa shape index (κ3) is 5.33. The molecule has 0 radical (unpaired) electrons. The topological polar surface area (TPSA) is 85.8 Å². The second-order valence-electron chi connectivity index (χ2n) is 10.4. The van der Waals surface area contributed by atoms with E-state index >= 15 is 0 Å². The number of hydrogen-bond donors (Lipinski definition) is 0. The average Bonchev–Trinajstić information content (AvgIpc) is 3.35. The quantitative estimate of drug-likeness (QED) is 0.334. The van der Waals surface area contributed by atoms with Crippen LogP contribution in [-0.2, 0) is 37.2 Å². The Labute approximate surface area is 239 Å². The van der Waals surface area contributed by atoms with Crippen molar-refractivity contribution < 1.29 is 22.7 Å². The van der Waals surface area contributed by atoms with E-state index in [1.807, 2.05) is 51.1 Å². The summed E-state index contributed by atoms with van der Waals surface area (Å²) < 4.78 is 37.6. The van der Waals surface area contributed by atoms with E-state index in [0.717, 1.165) is 5.56 Å². The molecule has 7 nitrogen and oxygen atoms in total. The molecule has 39 heavy (non-hydrogen) atoms. The van der Waals surface area contributed by atoms with Gasteiger partial charge in [-0.25, -0.2) is 8.42 Å². The first kappa shape index (κ1) is 28.1. The lowest BCUT2D eigenvalue weighted by atomic mass is 9.89. The molecule has 1 fully saturated rings. The summed E-state index contributed by atoms with van der Waals surface area (Å²) in [4.78, 5) is 20.3. The Morgan fingerprint density at radius 1 is 1.08 bits per heavy atom. The molecule has 3 aromatic rings. The molecule has 1 amide bonds. The fourth-order valence-corrected chi connectivity index (χ4v) is 7.22. The van der Waals surface area contributed by atoms with Crippen LogP contribution in [0.25, 0.3) is 0 Å². The van der Waals surface area contributed by atoms with Gasteiger partial charge in [-0.05, 0) is 63.1 Å². The number of fused-ring (bicyclic) bond motifs is 1. The standard InChI is InChI=1S/C29H30Cl2N2O5S/c1-4-37-28(2,3)20-7-12-26-25(15-20)27(34)33(17-23-11-10-22(31)16-32-23)29(26,19-5-8-21(30)9-6-19)38-24-13-14-39(35,36)18-24/h5-12,15-16,24H,4,13-14,17-18H2,1-3H3. The highest BCUT2D eigenvalue weighted by molar-refractivity contribution is 7.91. The SMILES string of the molecule is CCOC(C)(C)c1ccc2c(c1)C(=O)N(Cc1ccc(Cl)cn1)C2(OC1CCS(=O)(=O)C1)c1ccc(Cl)cc1. The van der Waals surface area contributed by atoms with E-state index < -0.39 is 27.3 Å². The summed E-state index contributed by atoms with van der Waals surface area (Å²) in [7, 11) is -3.25. The maximum Gasteiger partial charge on any atom is 0.257 e. The van der Waals surface area contributed by atoms with Crippen molar-refractivity contribution in [2.75, 3.05) is 18.1 Å². The molecule has 5 rings (SSSR count). The van der Waals surface area contributed by atoms with Crippen LogP contribution in [0.1, 0.15) is 59.9 Å². The van der Waals surface area contributed by atoms with Gasteiger partial charge in [-0.3, -0.25) is 14.7 Å². The molecule has 2 unspecified atom stereocenters. The zero-order valence-electron chi connectivity index (χ0n) is 22.0. The van der Waals surface area contributed by atoms with Gasteiger partial charge in [0.05, 0.1) is 40.5 Å². The minimum absolute atomic E-state index is 0.0371. The van der Waals surface area contributed by atoms with Gasteiger partial charge in [-0.2, -0.15) is 0 Å². The lowest BCUT2D eigenvalue weighted by Crippen LogP contribution is -2.48. The summed E-state index contributed by atoms with van der Waals surface area (Å²) in [5, 5.41) is 1.01. The summed E-state index contributed by atoms with van der Waals surface area (Å²) >= 11 is 12.3. The first-order chi connectivity index (χ1) is 18.4. The minimum Gasteiger partial charge on any atom is -0.371 e. The lowest BCUT2D eigenvalue weighted by molar-refractivity contribution is -0.140. The number of rotatable bonds is 8. The molecule has 0 spiro atoms. The van der Waals surface area contributed by atoms with Gasteiger partial charge in [0.2, 0.25) is 0 Å². The van der Waals surface area contributed by atoms with Gasteiger partial charge >= 0.3 is 0 Å². The van der Waals surface area contributed by atoms with Gasteiger partial charge in [0, 0.05) is 34.5 Å². The number of hydrogen-bond acceptors (Lipinski definition) is 6. The smallest absolute Gasteiger partial charge is 0.257 e. The van der Waals surface area contributed by atoms with Crippen LogP contribution in [0, 0.1) is 0 Å². The predicted molar refractivity (Wildman–Crippen MR) is 151 cm³/mol. The first-order valence-electron chi connectivity index (χ1n) is 12.8. The van der Waals surface area contributed by atoms with E-state index in [1.165, 1.54) is 6.20 Å². The van der Waals surface area contributed by atoms with Crippen molar-refractivity contribution >= 4 is 38.9 Å². The fourth-order valence-electron chi connectivity index (χ4n) is 5.39. The Kier molecular flexibility index (Phi) is 7.54. The Hall–Kier alpha value is -2.49. The Bertz CT molecular complexity index is 1490. The number of sulfone groups is 1. The van der Waals surface area contributed by atoms with Crippen LogP contribution in [0.2, 0.25) is 10.0 Å². The molecular weight excluding hydrogens is 559 g/mol. The number of benzene rings is 2. The van der Waals surface area contributed by atoms with Crippen LogP contribution in [0.15, 0.2) is 60.8 Å². The van der Waals surface area contributed by atoms with E-state index in [0.29, 0.717) is 45.5 Å². The molecular formula is C29H30Cl2N2O5S. The number of amides is 1. The number of carbonyl (C=O) groups is 1. The van der Waals surface area contributed by atoms with Crippen LogP contribution in [0.3, 0.4) is 0 Å². The lowest BCUT2D eigenvalue weighted by Gasteiger charge is -2.41. The van der Waals surface area contributed by atoms with Crippen LogP contribution >= 0.6 is 23.2 Å². The van der Waals surface area contributed by atoms with Crippen LogP contribution < -0.4 is 0 Å². The number of halogens is 2. The zero-order chi connectivity index (χ0) is 28.0. The van der Waals surface area contributed by atoms with E-state index in [1.54, 1.807) is 29.2 Å². The molecule has 2 aliphatic heterocycles. The summed E-state index contributed by atoms with van der Waals surface area (Å²) in [6.45, 7) is 6.46. The van der Waals surface area contributed by atoms with Crippen molar-refractivity contribution in [2.24, 2.45) is 0 Å². The highest BCUT2D eigenvalue weighted by Crippen LogP contribution is 2.48. The summed E-state index contributed by atoms with van der Waals surface area (Å²) in [5.41, 5.74) is 1.17. The van der Waals surface area contributed by atoms with Crippen molar-refractivity contribution in [3.63, 3.8) is 0 Å². The largest absolute Gasteiger partial charge is 0.371 e. The third-order valence-electron chi connectivity index (χ3n) is 7.31. The number of aromatic nitrogens is 1. The highest BCUT2D eigenvalue weighted by Gasteiger charge is 2.54. The Balaban J connectivity index is 1.72. The van der Waals surface area contributed by atoms with Crippen LogP contribution in [-0.4, -0.2) is 48.4 Å². The zero-order valence-corrected chi connectivity index (χ0v) is 24.3. The van der Waals surface area contributed by atoms with Crippen molar-refractivity contribution in [3.8, 4) is 0 Å². The molecule has 1 aromatic heterocycles. The molecule has 0 bridgehead atoms. The Morgan fingerprint density at radius 3 is 2.41 bits per heavy atom. The molecule has 206 valence electrons. The van der Waals surface area contributed by atoms with Gasteiger partial charge in [0.25, 0.3) is 5.91 Å². The van der Waals surface area contributed by atoms with E-state index in [2.05, 4.69) is 4.98 Å². The fraction of sp³-hybridized carbons (Fsp3) is 0.379. The van der Waals surface area contributed by atoms with Gasteiger partial charge in [0.15, 0.2) is 15.6 Å². The first-order valence-corrected chi connectivity index (χ1v) is 15.4. The van der Waals surface area contributed by atoms with Crippen LogP contribution in [0.5, 0.6) is 0 Å². The van der Waals surface area contributed by atoms with Crippen LogP contribution in [0.4, 0.5) is 0 Å². The minimum atomic E-state index is -3.25. The Morgan fingerprint density at radius 2 is 1.79 bits per heavy atom. The monoisotopic (exact) mass is 588 g/mol. The number of carbonyl (C=O) groups excluding carboxylic acids is 1. The highest BCUT2D eigenvalue weighted by atomic mass is 35.5.